The number of hydrogen-bond donors (Lipinski definition) is 2. The lowest BCUT2D eigenvalue weighted by Gasteiger charge is -2.21. The Morgan fingerprint density at radius 2 is 1.70 bits per heavy atom. The minimum Gasteiger partial charge on any atom is -0.354 e. The summed E-state index contributed by atoms with van der Waals surface area (Å²) in [5.41, 5.74) is 3.99. The first-order chi connectivity index (χ1) is 16.1. The number of hydrogen-bond acceptors (Lipinski definition) is 2. The van der Waals surface area contributed by atoms with Crippen molar-refractivity contribution in [2.24, 2.45) is 4.99 Å². The maximum Gasteiger partial charge on any atom is 0.345 e. The number of nitrogens with zero attached hydrogens (tertiary/aromatic N) is 2. The highest BCUT2D eigenvalue weighted by Crippen LogP contribution is 2.27. The first-order valence-electron chi connectivity index (χ1n) is 11.4. The molecule has 2 amide bonds. The van der Waals surface area contributed by atoms with Crippen LogP contribution < -0.4 is 10.7 Å². The minimum absolute atomic E-state index is 0.441. The molecule has 0 bridgehead atoms. The topological polar surface area (TPSA) is 60.5 Å². The first kappa shape index (κ1) is 23.0. The summed E-state index contributed by atoms with van der Waals surface area (Å²) >= 11 is 6.00. The number of amides is 2. The van der Waals surface area contributed by atoms with Crippen LogP contribution in [0.15, 0.2) is 71.7 Å². The number of fused-ring (bicyclic) bond motifs is 3. The Kier molecular flexibility index (Phi) is 7.43. The molecule has 0 aliphatic rings. The summed E-state index contributed by atoms with van der Waals surface area (Å²) < 4.78 is 0. The van der Waals surface area contributed by atoms with Gasteiger partial charge in [0.2, 0.25) is 0 Å². The van der Waals surface area contributed by atoms with Gasteiger partial charge >= 0.3 is 6.03 Å². The van der Waals surface area contributed by atoms with E-state index in [0.717, 1.165) is 48.9 Å². The highest BCUT2D eigenvalue weighted by atomic mass is 35.5. The van der Waals surface area contributed by atoms with Crippen LogP contribution in [0, 0.1) is 0 Å². The highest BCUT2D eigenvalue weighted by molar-refractivity contribution is 6.30. The van der Waals surface area contributed by atoms with Crippen molar-refractivity contribution in [3.63, 3.8) is 0 Å². The third kappa shape index (κ3) is 5.62. The lowest BCUT2D eigenvalue weighted by Crippen LogP contribution is -2.25. The number of rotatable bonds is 7. The lowest BCUT2D eigenvalue weighted by molar-refractivity contribution is 0.259. The fourth-order valence-corrected chi connectivity index (χ4v) is 4.42. The van der Waals surface area contributed by atoms with Crippen LogP contribution in [0.25, 0.3) is 21.8 Å². The molecular weight excluding hydrogens is 432 g/mol. The van der Waals surface area contributed by atoms with Gasteiger partial charge in [-0.15, -0.1) is 0 Å². The third-order valence-electron chi connectivity index (χ3n) is 5.59. The van der Waals surface area contributed by atoms with Gasteiger partial charge in [0.25, 0.3) is 0 Å². The Labute approximate surface area is 199 Å². The molecular formula is C27H29ClN4O. The number of carbonyl (C=O) groups excluding carboxylic acids is 1. The zero-order chi connectivity index (χ0) is 23.2. The van der Waals surface area contributed by atoms with Gasteiger partial charge in [-0.25, -0.2) is 4.79 Å². The Morgan fingerprint density at radius 3 is 2.45 bits per heavy atom. The zero-order valence-electron chi connectivity index (χ0n) is 19.1. The molecule has 0 aliphatic heterocycles. The van der Waals surface area contributed by atoms with E-state index < -0.39 is 6.03 Å². The monoisotopic (exact) mass is 460 g/mol. The molecule has 0 aliphatic carbocycles. The molecule has 6 heteroatoms. The van der Waals surface area contributed by atoms with Crippen molar-refractivity contribution in [2.75, 3.05) is 18.4 Å². The Bertz CT molecular complexity index is 1340. The average Bonchev–Trinajstić information content (AvgIpc) is 3.00. The van der Waals surface area contributed by atoms with Crippen molar-refractivity contribution in [1.82, 2.24) is 9.88 Å². The van der Waals surface area contributed by atoms with Gasteiger partial charge in [-0.1, -0.05) is 61.8 Å². The number of carbonyl (C=O) groups is 1. The molecule has 0 saturated heterocycles. The molecule has 0 radical (unpaired) electrons. The van der Waals surface area contributed by atoms with Crippen LogP contribution >= 0.6 is 11.6 Å². The third-order valence-corrected chi connectivity index (χ3v) is 5.83. The molecule has 4 aromatic rings. The first-order valence-corrected chi connectivity index (χ1v) is 11.8. The molecule has 3 aromatic carbocycles. The summed E-state index contributed by atoms with van der Waals surface area (Å²) in [4.78, 5) is 22.8. The fourth-order valence-electron chi connectivity index (χ4n) is 4.23. The quantitative estimate of drug-likeness (QED) is 0.321. The largest absolute Gasteiger partial charge is 0.354 e. The van der Waals surface area contributed by atoms with E-state index in [9.17, 15) is 4.79 Å². The van der Waals surface area contributed by atoms with Gasteiger partial charge in [-0.05, 0) is 61.8 Å². The maximum atomic E-state index is 12.5. The van der Waals surface area contributed by atoms with Crippen molar-refractivity contribution >= 4 is 45.1 Å². The van der Waals surface area contributed by atoms with Crippen molar-refractivity contribution in [2.45, 2.75) is 33.2 Å². The molecule has 2 N–H and O–H groups in total. The van der Waals surface area contributed by atoms with Crippen LogP contribution in [-0.4, -0.2) is 29.0 Å². The van der Waals surface area contributed by atoms with Crippen LogP contribution in [-0.2, 0) is 6.54 Å². The van der Waals surface area contributed by atoms with Crippen molar-refractivity contribution in [3.8, 4) is 0 Å². The molecule has 1 aromatic heterocycles. The van der Waals surface area contributed by atoms with Gasteiger partial charge in [0.05, 0.1) is 10.9 Å². The summed E-state index contributed by atoms with van der Waals surface area (Å²) in [5.74, 6) is 0. The molecule has 0 saturated carbocycles. The van der Waals surface area contributed by atoms with Crippen LogP contribution in [0.2, 0.25) is 5.02 Å². The molecule has 4 rings (SSSR count). The van der Waals surface area contributed by atoms with Gasteiger partial charge in [0, 0.05) is 33.5 Å². The maximum absolute atomic E-state index is 12.5. The predicted octanol–water partition coefficient (Wildman–Crippen LogP) is 6.73. The molecule has 33 heavy (non-hydrogen) atoms. The van der Waals surface area contributed by atoms with E-state index in [0.29, 0.717) is 16.1 Å². The van der Waals surface area contributed by atoms with Gasteiger partial charge < -0.3 is 10.3 Å². The number of aromatic nitrogens is 1. The number of halogens is 1. The van der Waals surface area contributed by atoms with Gasteiger partial charge in [0.1, 0.15) is 0 Å². The Balaban J connectivity index is 1.69. The van der Waals surface area contributed by atoms with Crippen LogP contribution in [0.5, 0.6) is 0 Å². The van der Waals surface area contributed by atoms with E-state index in [1.807, 2.05) is 18.2 Å². The smallest absolute Gasteiger partial charge is 0.345 e. The fraction of sp³-hybridized carbons (Fsp3) is 0.259. The standard InChI is InChI=1S/C27H29ClN4O/c1-3-14-32(15-4-2)18-19-8-5-13-24-23-12-7-11-22(17-25(23)31-26(19)24)30-27(33)29-21-10-6-9-20(28)16-21/h5-13,16-17,31H,3-4,14-15,18H2,1-2H3,(H,29,33). The van der Waals surface area contributed by atoms with E-state index >= 15 is 0 Å². The average molecular weight is 461 g/mol. The molecule has 5 nitrogen and oxygen atoms in total. The summed E-state index contributed by atoms with van der Waals surface area (Å²) in [5, 5.41) is 6.20. The molecule has 170 valence electrons. The van der Waals surface area contributed by atoms with Crippen molar-refractivity contribution in [1.29, 1.82) is 0 Å². The summed E-state index contributed by atoms with van der Waals surface area (Å²) in [6.07, 6.45) is 2.28. The predicted molar refractivity (Wildman–Crippen MR) is 138 cm³/mol. The summed E-state index contributed by atoms with van der Waals surface area (Å²) in [6, 6.07) is 20.8. The second kappa shape index (κ2) is 10.6. The molecule has 0 fully saturated rings. The summed E-state index contributed by atoms with van der Waals surface area (Å²) in [7, 11) is 0. The number of aromatic amines is 1. The molecule has 0 atom stereocenters. The second-order valence-electron chi connectivity index (χ2n) is 8.22. The minimum atomic E-state index is -0.441. The normalized spacial score (nSPS) is 12.1. The van der Waals surface area contributed by atoms with Crippen molar-refractivity contribution in [3.05, 3.63) is 82.7 Å². The molecule has 1 heterocycles. The number of urea groups is 1. The number of anilines is 1. The van der Waals surface area contributed by atoms with Crippen molar-refractivity contribution < 1.29 is 4.79 Å². The van der Waals surface area contributed by atoms with E-state index in [4.69, 9.17) is 11.6 Å². The van der Waals surface area contributed by atoms with E-state index in [2.05, 4.69) is 58.3 Å². The molecule has 0 spiro atoms. The zero-order valence-corrected chi connectivity index (χ0v) is 19.8. The van der Waals surface area contributed by atoms with Crippen LogP contribution in [0.1, 0.15) is 32.3 Å². The number of benzene rings is 2. The summed E-state index contributed by atoms with van der Waals surface area (Å²) in [6.45, 7) is 7.53. The van der Waals surface area contributed by atoms with E-state index in [-0.39, 0.29) is 0 Å². The van der Waals surface area contributed by atoms with Gasteiger partial charge in [-0.2, -0.15) is 4.99 Å². The van der Waals surface area contributed by atoms with Gasteiger partial charge in [-0.3, -0.25) is 4.90 Å². The van der Waals surface area contributed by atoms with Gasteiger partial charge in [0.15, 0.2) is 0 Å². The number of para-hydroxylation sites is 1. The number of nitrogens with one attached hydrogen (secondary N) is 2. The second-order valence-corrected chi connectivity index (χ2v) is 8.65. The van der Waals surface area contributed by atoms with Crippen LogP contribution in [0.4, 0.5) is 10.5 Å². The number of H-pyrrole nitrogens is 1. The molecule has 0 unspecified atom stereocenters. The van der Waals surface area contributed by atoms with E-state index in [1.165, 1.54) is 10.9 Å². The Morgan fingerprint density at radius 1 is 0.970 bits per heavy atom. The Hall–Kier alpha value is -3.15. The lowest BCUT2D eigenvalue weighted by atomic mass is 10.1. The SMILES string of the molecule is CCCN(CCC)Cc1cccc2c1[nH]c1cc(=NC(=O)Nc3cccc(Cl)c3)cccc12. The van der Waals surface area contributed by atoms with E-state index in [1.54, 1.807) is 24.3 Å². The van der Waals surface area contributed by atoms with Crippen LogP contribution in [0.3, 0.4) is 0 Å². The highest BCUT2D eigenvalue weighted by Gasteiger charge is 2.11.